The van der Waals surface area contributed by atoms with Crippen molar-refractivity contribution >= 4 is 46.3 Å². The minimum atomic E-state index is -0.140. The zero-order valence-electron chi connectivity index (χ0n) is 30.6. The van der Waals surface area contributed by atoms with E-state index in [0.717, 1.165) is 22.7 Å². The molecule has 0 heterocycles. The molecule has 2 heteroatoms. The molecule has 0 amide bonds. The van der Waals surface area contributed by atoms with Gasteiger partial charge in [-0.25, -0.2) is 0 Å². The van der Waals surface area contributed by atoms with Crippen LogP contribution in [0.1, 0.15) is 52.8 Å². The lowest BCUT2D eigenvalue weighted by Gasteiger charge is -2.28. The molecule has 1 aliphatic carbocycles. The molecule has 0 bridgehead atoms. The Balaban J connectivity index is 1.08. The Labute approximate surface area is 309 Å². The van der Waals surface area contributed by atoms with Crippen molar-refractivity contribution in [2.24, 2.45) is 0 Å². The lowest BCUT2D eigenvalue weighted by molar-refractivity contribution is 0.660. The largest absolute Gasteiger partial charge is 0.310 e. The van der Waals surface area contributed by atoms with Gasteiger partial charge >= 0.3 is 0 Å². The van der Waals surface area contributed by atoms with Gasteiger partial charge in [0.15, 0.2) is 0 Å². The summed E-state index contributed by atoms with van der Waals surface area (Å²) in [5.41, 5.74) is 18.3. The molecule has 0 aromatic heterocycles. The number of para-hydroxylation sites is 2. The Kier molecular flexibility index (Phi) is 8.61. The van der Waals surface area contributed by atoms with Crippen LogP contribution in [0.25, 0.3) is 23.3 Å². The van der Waals surface area contributed by atoms with E-state index in [0.29, 0.717) is 0 Å². The van der Waals surface area contributed by atoms with Gasteiger partial charge < -0.3 is 9.80 Å². The summed E-state index contributed by atoms with van der Waals surface area (Å²) in [6.45, 7) is 11.2. The van der Waals surface area contributed by atoms with Crippen LogP contribution in [0, 0.1) is 20.8 Å². The molecule has 1 aliphatic rings. The van der Waals surface area contributed by atoms with Crippen molar-refractivity contribution in [3.05, 3.63) is 203 Å². The summed E-state index contributed by atoms with van der Waals surface area (Å²) in [4.78, 5) is 4.69. The van der Waals surface area contributed by atoms with Crippen LogP contribution in [-0.4, -0.2) is 0 Å². The first-order chi connectivity index (χ1) is 25.2. The summed E-state index contributed by atoms with van der Waals surface area (Å²) in [5.74, 6) is 0. The van der Waals surface area contributed by atoms with Gasteiger partial charge in [0.25, 0.3) is 0 Å². The van der Waals surface area contributed by atoms with Crippen molar-refractivity contribution in [3.63, 3.8) is 0 Å². The fraction of sp³-hybridized carbons (Fsp3) is 0.120. The second-order valence-electron chi connectivity index (χ2n) is 14.6. The summed E-state index contributed by atoms with van der Waals surface area (Å²) in [7, 11) is 0. The molecule has 0 aliphatic heterocycles. The Bertz CT molecular complexity index is 2330. The van der Waals surface area contributed by atoms with Crippen LogP contribution in [0.2, 0.25) is 0 Å². The topological polar surface area (TPSA) is 6.48 Å². The molecule has 0 unspecified atom stereocenters. The van der Waals surface area contributed by atoms with Gasteiger partial charge in [-0.3, -0.25) is 0 Å². The molecule has 0 saturated heterocycles. The molecule has 254 valence electrons. The Morgan fingerprint density at radius 1 is 0.365 bits per heavy atom. The fourth-order valence-electron chi connectivity index (χ4n) is 7.73. The highest BCUT2D eigenvalue weighted by Gasteiger charge is 2.36. The average Bonchev–Trinajstić information content (AvgIpc) is 3.38. The second kappa shape index (κ2) is 13.5. The lowest BCUT2D eigenvalue weighted by atomic mass is 9.81. The van der Waals surface area contributed by atoms with Crippen molar-refractivity contribution in [2.45, 2.75) is 40.0 Å². The molecule has 0 atom stereocenters. The minimum absolute atomic E-state index is 0.140. The molecule has 0 spiro atoms. The Hall–Kier alpha value is -6.12. The summed E-state index contributed by atoms with van der Waals surface area (Å²) < 4.78 is 0. The maximum Gasteiger partial charge on any atom is 0.0466 e. The number of hydrogen-bond donors (Lipinski definition) is 0. The van der Waals surface area contributed by atoms with Gasteiger partial charge in [-0.1, -0.05) is 123 Å². The smallest absolute Gasteiger partial charge is 0.0466 e. The van der Waals surface area contributed by atoms with Crippen LogP contribution >= 0.6 is 0 Å². The summed E-state index contributed by atoms with van der Waals surface area (Å²) in [6.07, 6.45) is 4.47. The monoisotopic (exact) mass is 672 g/mol. The van der Waals surface area contributed by atoms with Gasteiger partial charge in [0.05, 0.1) is 0 Å². The number of anilines is 6. The molecule has 7 aromatic carbocycles. The van der Waals surface area contributed by atoms with Crippen molar-refractivity contribution in [3.8, 4) is 11.1 Å². The molecular formula is C50H44N2. The predicted molar refractivity (Wildman–Crippen MR) is 223 cm³/mol. The molecule has 0 N–H and O–H groups in total. The first kappa shape index (κ1) is 33.0. The van der Waals surface area contributed by atoms with E-state index in [1.807, 2.05) is 0 Å². The molecular weight excluding hydrogens is 629 g/mol. The summed E-state index contributed by atoms with van der Waals surface area (Å²) >= 11 is 0. The van der Waals surface area contributed by atoms with Crippen LogP contribution in [0.15, 0.2) is 164 Å². The molecule has 0 radical (unpaired) electrons. The van der Waals surface area contributed by atoms with Crippen molar-refractivity contribution in [1.82, 2.24) is 0 Å². The number of fused-ring (bicyclic) bond motifs is 3. The SMILES string of the molecule is Cc1ccc(N(c2ccc(/C=C/c3ccc4c(c3)C(C)(C)c3cc(N(c5ccccc5)c5ccccc5)ccc3-4)cc2)c2cc(C)cc(C)c2)cc1. The Morgan fingerprint density at radius 3 is 1.40 bits per heavy atom. The van der Waals surface area contributed by atoms with Gasteiger partial charge in [0.2, 0.25) is 0 Å². The molecule has 2 nitrogen and oxygen atoms in total. The van der Waals surface area contributed by atoms with Crippen LogP contribution in [0.4, 0.5) is 34.1 Å². The number of hydrogen-bond acceptors (Lipinski definition) is 2. The third-order valence-electron chi connectivity index (χ3n) is 10.3. The first-order valence-corrected chi connectivity index (χ1v) is 18.2. The molecule has 0 saturated carbocycles. The van der Waals surface area contributed by atoms with Gasteiger partial charge in [0.1, 0.15) is 0 Å². The van der Waals surface area contributed by atoms with E-state index in [1.165, 1.54) is 61.4 Å². The van der Waals surface area contributed by atoms with Crippen molar-refractivity contribution in [1.29, 1.82) is 0 Å². The van der Waals surface area contributed by atoms with Gasteiger partial charge in [-0.05, 0) is 138 Å². The normalized spacial score (nSPS) is 12.8. The highest BCUT2D eigenvalue weighted by molar-refractivity contribution is 5.87. The average molecular weight is 673 g/mol. The third-order valence-corrected chi connectivity index (χ3v) is 10.3. The van der Waals surface area contributed by atoms with Crippen LogP contribution < -0.4 is 9.80 Å². The molecule has 8 rings (SSSR count). The van der Waals surface area contributed by atoms with Gasteiger partial charge in [0, 0.05) is 39.5 Å². The summed E-state index contributed by atoms with van der Waals surface area (Å²) in [6, 6.07) is 59.6. The predicted octanol–water partition coefficient (Wildman–Crippen LogP) is 14.0. The van der Waals surface area contributed by atoms with Gasteiger partial charge in [-0.15, -0.1) is 0 Å². The number of benzene rings is 7. The quantitative estimate of drug-likeness (QED) is 0.148. The van der Waals surface area contributed by atoms with Crippen LogP contribution in [0.5, 0.6) is 0 Å². The van der Waals surface area contributed by atoms with Crippen molar-refractivity contribution < 1.29 is 0 Å². The minimum Gasteiger partial charge on any atom is -0.310 e. The van der Waals surface area contributed by atoms with Gasteiger partial charge in [-0.2, -0.15) is 0 Å². The molecule has 52 heavy (non-hydrogen) atoms. The number of aryl methyl sites for hydroxylation is 3. The Morgan fingerprint density at radius 2 is 0.808 bits per heavy atom. The first-order valence-electron chi connectivity index (χ1n) is 18.2. The maximum absolute atomic E-state index is 2.39. The maximum atomic E-state index is 2.39. The van der Waals surface area contributed by atoms with E-state index in [-0.39, 0.29) is 5.41 Å². The van der Waals surface area contributed by atoms with E-state index < -0.39 is 0 Å². The number of rotatable bonds is 8. The van der Waals surface area contributed by atoms with E-state index in [1.54, 1.807) is 0 Å². The van der Waals surface area contributed by atoms with Crippen LogP contribution in [-0.2, 0) is 5.41 Å². The van der Waals surface area contributed by atoms with Crippen molar-refractivity contribution in [2.75, 3.05) is 9.80 Å². The number of nitrogens with zero attached hydrogens (tertiary/aromatic N) is 2. The second-order valence-corrected chi connectivity index (χ2v) is 14.6. The highest BCUT2D eigenvalue weighted by atomic mass is 15.1. The zero-order chi connectivity index (χ0) is 35.8. The zero-order valence-corrected chi connectivity index (χ0v) is 30.6. The molecule has 7 aromatic rings. The van der Waals surface area contributed by atoms with E-state index in [4.69, 9.17) is 0 Å². The third kappa shape index (κ3) is 6.33. The lowest BCUT2D eigenvalue weighted by Crippen LogP contribution is -2.16. The standard InChI is InChI=1S/C50H44N2/c1-35-16-23-42(24-17-35)52(45-31-36(2)30-37(3)32-45)43-25-20-38(21-26-43)18-19-39-22-28-46-47-29-27-44(34-49(47)50(4,5)48(46)33-39)51(40-12-8-6-9-13-40)41-14-10-7-11-15-41/h6-34H,1-5H3/b19-18+. The summed E-state index contributed by atoms with van der Waals surface area (Å²) in [5, 5.41) is 0. The van der Waals surface area contributed by atoms with E-state index in [2.05, 4.69) is 220 Å². The highest BCUT2D eigenvalue weighted by Crippen LogP contribution is 2.51. The van der Waals surface area contributed by atoms with Crippen LogP contribution in [0.3, 0.4) is 0 Å². The van der Waals surface area contributed by atoms with E-state index >= 15 is 0 Å². The fourth-order valence-corrected chi connectivity index (χ4v) is 7.73. The molecule has 0 fully saturated rings. The van der Waals surface area contributed by atoms with E-state index in [9.17, 15) is 0 Å².